The summed E-state index contributed by atoms with van der Waals surface area (Å²) in [7, 11) is 0. The van der Waals surface area contributed by atoms with E-state index in [1.807, 2.05) is 38.1 Å². The van der Waals surface area contributed by atoms with Crippen LogP contribution in [0.25, 0.3) is 32.0 Å². The molecular formula is C40H43NO9S. The molecule has 2 aromatic heterocycles. The number of unbranched alkanes of at least 4 members (excludes halogenated alkanes) is 3. The number of carbonyl (C=O) groups excluding carboxylic acids is 2. The Morgan fingerprint density at radius 2 is 1.71 bits per heavy atom. The van der Waals surface area contributed by atoms with Crippen molar-refractivity contribution < 1.29 is 43.1 Å². The summed E-state index contributed by atoms with van der Waals surface area (Å²) in [6.45, 7) is 8.90. The Kier molecular flexibility index (Phi) is 11.9. The van der Waals surface area contributed by atoms with E-state index in [0.29, 0.717) is 65.1 Å². The van der Waals surface area contributed by atoms with Crippen LogP contribution < -0.4 is 14.4 Å². The van der Waals surface area contributed by atoms with E-state index in [0.717, 1.165) is 66.4 Å². The van der Waals surface area contributed by atoms with Gasteiger partial charge in [-0.3, -0.25) is 4.79 Å². The lowest BCUT2D eigenvalue weighted by atomic mass is 9.82. The monoisotopic (exact) mass is 713 g/mol. The fourth-order valence-electron chi connectivity index (χ4n) is 6.27. The maximum absolute atomic E-state index is 13.3. The number of aromatic nitrogens is 1. The van der Waals surface area contributed by atoms with E-state index in [1.54, 1.807) is 18.2 Å². The molecule has 0 spiro atoms. The first-order chi connectivity index (χ1) is 24.8. The number of hydrogen-bond acceptors (Lipinski definition) is 11. The SMILES string of the molecule is C=CC(=O)OCCCCCCOc1ccc(OOCC2CCC(C(=O)Oc3ccc(O)c4nc(-c5cc6c(C)cc(C)cc6o5)sc34)CC2)cc1. The number of thiazole rings is 1. The molecule has 0 unspecified atom stereocenters. The molecule has 0 amide bonds. The lowest BCUT2D eigenvalue weighted by Crippen LogP contribution is -2.27. The highest BCUT2D eigenvalue weighted by Crippen LogP contribution is 2.42. The van der Waals surface area contributed by atoms with Crippen molar-refractivity contribution in [3.63, 3.8) is 0 Å². The molecule has 2 heterocycles. The van der Waals surface area contributed by atoms with E-state index in [-0.39, 0.29) is 29.5 Å². The van der Waals surface area contributed by atoms with E-state index >= 15 is 0 Å². The fourth-order valence-corrected chi connectivity index (χ4v) is 7.26. The second-order valence-corrected chi connectivity index (χ2v) is 14.0. The first kappa shape index (κ1) is 35.9. The normalized spacial score (nSPS) is 15.9. The first-order valence-corrected chi connectivity index (χ1v) is 18.3. The Bertz CT molecular complexity index is 1970. The van der Waals surface area contributed by atoms with Crippen molar-refractivity contribution in [3.05, 3.63) is 78.4 Å². The highest BCUT2D eigenvalue weighted by Gasteiger charge is 2.29. The van der Waals surface area contributed by atoms with Crippen LogP contribution in [-0.2, 0) is 19.2 Å². The van der Waals surface area contributed by atoms with Gasteiger partial charge in [-0.15, -0.1) is 11.3 Å². The van der Waals surface area contributed by atoms with Gasteiger partial charge in [0.25, 0.3) is 0 Å². The molecule has 0 atom stereocenters. The summed E-state index contributed by atoms with van der Waals surface area (Å²) in [5.74, 6) is 1.73. The number of esters is 2. The van der Waals surface area contributed by atoms with E-state index in [2.05, 4.69) is 17.6 Å². The highest BCUT2D eigenvalue weighted by atomic mass is 32.1. The van der Waals surface area contributed by atoms with Gasteiger partial charge in [0.05, 0.1) is 25.7 Å². The van der Waals surface area contributed by atoms with Crippen LogP contribution >= 0.6 is 11.3 Å². The van der Waals surface area contributed by atoms with Crippen molar-refractivity contribution in [1.82, 2.24) is 4.98 Å². The van der Waals surface area contributed by atoms with Crippen LogP contribution in [-0.4, -0.2) is 41.8 Å². The first-order valence-electron chi connectivity index (χ1n) is 17.4. The standard InChI is InChI=1S/C40H43NO9S/c1-4-36(43)46-20-8-6-5-7-19-45-29-13-15-30(16-14-29)50-47-24-27-9-11-28(12-10-27)40(44)49-33-18-17-32(42)37-38(33)51-39(41-37)35-23-31-26(3)21-25(2)22-34(31)48-35/h4,13-18,21-23,27-28,42H,1,5-12,19-20,24H2,2-3H3. The molecule has 1 N–H and O–H groups in total. The predicted molar refractivity (Wildman–Crippen MR) is 195 cm³/mol. The van der Waals surface area contributed by atoms with Crippen molar-refractivity contribution in [2.75, 3.05) is 19.8 Å². The Morgan fingerprint density at radius 3 is 2.47 bits per heavy atom. The lowest BCUT2D eigenvalue weighted by Gasteiger charge is -2.26. The Morgan fingerprint density at radius 1 is 0.961 bits per heavy atom. The van der Waals surface area contributed by atoms with Crippen LogP contribution in [0.4, 0.5) is 0 Å². The third-order valence-corrected chi connectivity index (χ3v) is 10.2. The quantitative estimate of drug-likeness (QED) is 0.0264. The summed E-state index contributed by atoms with van der Waals surface area (Å²) in [6.07, 6.45) is 7.87. The Hall–Kier alpha value is -4.87. The molecule has 10 nitrogen and oxygen atoms in total. The van der Waals surface area contributed by atoms with Gasteiger partial charge in [-0.1, -0.05) is 12.6 Å². The largest absolute Gasteiger partial charge is 0.506 e. The van der Waals surface area contributed by atoms with Gasteiger partial charge >= 0.3 is 11.9 Å². The molecule has 0 aliphatic heterocycles. The zero-order valence-electron chi connectivity index (χ0n) is 29.0. The van der Waals surface area contributed by atoms with Crippen LogP contribution in [0.3, 0.4) is 0 Å². The van der Waals surface area contributed by atoms with Gasteiger partial charge in [-0.25, -0.2) is 9.78 Å². The van der Waals surface area contributed by atoms with E-state index < -0.39 is 0 Å². The molecule has 11 heteroatoms. The molecule has 5 aromatic rings. The van der Waals surface area contributed by atoms with Crippen molar-refractivity contribution in [2.45, 2.75) is 65.2 Å². The number of phenols is 1. The van der Waals surface area contributed by atoms with Crippen molar-refractivity contribution in [2.24, 2.45) is 11.8 Å². The molecule has 268 valence electrons. The summed E-state index contributed by atoms with van der Waals surface area (Å²) in [5, 5.41) is 12.2. The van der Waals surface area contributed by atoms with Crippen molar-refractivity contribution in [1.29, 1.82) is 0 Å². The molecule has 0 bridgehead atoms. The minimum Gasteiger partial charge on any atom is -0.506 e. The molecule has 1 aliphatic rings. The lowest BCUT2D eigenvalue weighted by molar-refractivity contribution is -0.218. The number of carbonyl (C=O) groups is 2. The summed E-state index contributed by atoms with van der Waals surface area (Å²) in [5.41, 5.74) is 3.40. The summed E-state index contributed by atoms with van der Waals surface area (Å²) in [6, 6.07) is 16.5. The molecule has 0 radical (unpaired) electrons. The molecule has 3 aromatic carbocycles. The molecule has 1 saturated carbocycles. The topological polar surface area (TPSA) is 127 Å². The van der Waals surface area contributed by atoms with Crippen LogP contribution in [0.5, 0.6) is 23.0 Å². The average Bonchev–Trinajstić information content (AvgIpc) is 3.78. The summed E-state index contributed by atoms with van der Waals surface area (Å²) < 4.78 is 23.4. The third kappa shape index (κ3) is 9.28. The number of rotatable bonds is 16. The van der Waals surface area contributed by atoms with Crippen LogP contribution in [0.1, 0.15) is 62.5 Å². The van der Waals surface area contributed by atoms with Gasteiger partial charge in [-0.2, -0.15) is 4.89 Å². The fraction of sp³-hybridized carbons (Fsp3) is 0.375. The molecular weight excluding hydrogens is 671 g/mol. The van der Waals surface area contributed by atoms with E-state index in [9.17, 15) is 14.7 Å². The minimum atomic E-state index is -0.384. The van der Waals surface area contributed by atoms with Crippen LogP contribution in [0, 0.1) is 25.7 Å². The van der Waals surface area contributed by atoms with Crippen LogP contribution in [0.2, 0.25) is 0 Å². The molecule has 1 fully saturated rings. The molecule has 1 aliphatic carbocycles. The number of benzene rings is 3. The highest BCUT2D eigenvalue weighted by molar-refractivity contribution is 7.22. The molecule has 0 saturated heterocycles. The molecule has 6 rings (SSSR count). The Balaban J connectivity index is 0.919. The van der Waals surface area contributed by atoms with Gasteiger partial charge in [-0.05, 0) is 131 Å². The number of nitrogens with zero attached hydrogens (tertiary/aromatic N) is 1. The summed E-state index contributed by atoms with van der Waals surface area (Å²) >= 11 is 1.33. The number of aryl methyl sites for hydroxylation is 2. The van der Waals surface area contributed by atoms with E-state index in [4.69, 9.17) is 28.4 Å². The Labute approximate surface area is 300 Å². The zero-order chi connectivity index (χ0) is 35.7. The van der Waals surface area contributed by atoms with Crippen molar-refractivity contribution in [3.8, 4) is 33.8 Å². The maximum Gasteiger partial charge on any atom is 0.330 e. The number of hydrogen-bond donors (Lipinski definition) is 1. The number of fused-ring (bicyclic) bond motifs is 2. The molecule has 51 heavy (non-hydrogen) atoms. The van der Waals surface area contributed by atoms with Gasteiger partial charge in [0.1, 0.15) is 27.3 Å². The second kappa shape index (κ2) is 16.9. The predicted octanol–water partition coefficient (Wildman–Crippen LogP) is 9.42. The smallest absolute Gasteiger partial charge is 0.330 e. The van der Waals surface area contributed by atoms with Crippen molar-refractivity contribution >= 4 is 44.5 Å². The van der Waals surface area contributed by atoms with Crippen LogP contribution in [0.15, 0.2) is 71.7 Å². The van der Waals surface area contributed by atoms with Gasteiger partial charge in [0, 0.05) is 11.5 Å². The maximum atomic E-state index is 13.3. The average molecular weight is 714 g/mol. The number of ether oxygens (including phenoxy) is 3. The second-order valence-electron chi connectivity index (χ2n) is 13.0. The number of aromatic hydroxyl groups is 1. The zero-order valence-corrected chi connectivity index (χ0v) is 29.8. The van der Waals surface area contributed by atoms with Gasteiger partial charge < -0.3 is 28.6 Å². The van der Waals surface area contributed by atoms with E-state index in [1.165, 1.54) is 23.5 Å². The number of phenolic OH excluding ortho intramolecular Hbond substituents is 1. The van der Waals surface area contributed by atoms with Gasteiger partial charge in [0.15, 0.2) is 22.3 Å². The number of furan rings is 1. The third-order valence-electron chi connectivity index (χ3n) is 9.08. The van der Waals surface area contributed by atoms with Gasteiger partial charge in [0.2, 0.25) is 0 Å². The minimum absolute atomic E-state index is 0.0211. The summed E-state index contributed by atoms with van der Waals surface area (Å²) in [4.78, 5) is 40.0.